The van der Waals surface area contributed by atoms with E-state index >= 15 is 0 Å². The molecule has 0 bridgehead atoms. The van der Waals surface area contributed by atoms with Crippen LogP contribution >= 0.6 is 0 Å². The first-order valence-electron chi connectivity index (χ1n) is 8.60. The summed E-state index contributed by atoms with van der Waals surface area (Å²) in [5.41, 5.74) is 1.47. The summed E-state index contributed by atoms with van der Waals surface area (Å²) in [7, 11) is 0. The van der Waals surface area contributed by atoms with Crippen molar-refractivity contribution in [2.45, 2.75) is 18.9 Å². The maximum absolute atomic E-state index is 12.4. The van der Waals surface area contributed by atoms with Gasteiger partial charge in [-0.3, -0.25) is 19.8 Å². The Bertz CT molecular complexity index is 912. The third-order valence-electron chi connectivity index (χ3n) is 5.13. The number of nitrogens with one attached hydrogen (secondary N) is 2. The van der Waals surface area contributed by atoms with Crippen LogP contribution in [0.5, 0.6) is 0 Å². The zero-order chi connectivity index (χ0) is 17.4. The van der Waals surface area contributed by atoms with Crippen LogP contribution in [0.4, 0.5) is 5.69 Å². The van der Waals surface area contributed by atoms with Gasteiger partial charge in [-0.2, -0.15) is 0 Å². The van der Waals surface area contributed by atoms with E-state index in [1.165, 1.54) is 6.07 Å². The molecule has 2 N–H and O–H groups in total. The Labute approximate surface area is 144 Å². The lowest BCUT2D eigenvalue weighted by molar-refractivity contribution is -0.383. The van der Waals surface area contributed by atoms with Gasteiger partial charge in [0.15, 0.2) is 0 Å². The SMILES string of the molecule is O=c1[nH]c(C2=CC(N3CCNCC3)CC2)cc2c([N+](=O)[O-])cccc12. The summed E-state index contributed by atoms with van der Waals surface area (Å²) in [6.07, 6.45) is 4.10. The maximum atomic E-state index is 12.4. The Morgan fingerprint density at radius 1 is 1.20 bits per heavy atom. The predicted molar refractivity (Wildman–Crippen MR) is 96.7 cm³/mol. The van der Waals surface area contributed by atoms with Gasteiger partial charge >= 0.3 is 0 Å². The number of hydrogen-bond donors (Lipinski definition) is 2. The normalized spacial score (nSPS) is 21.4. The molecular weight excluding hydrogens is 320 g/mol. The van der Waals surface area contributed by atoms with E-state index in [9.17, 15) is 14.9 Å². The Morgan fingerprint density at radius 2 is 2.00 bits per heavy atom. The largest absolute Gasteiger partial charge is 0.322 e. The minimum Gasteiger partial charge on any atom is -0.322 e. The second-order valence-corrected chi connectivity index (χ2v) is 6.59. The van der Waals surface area contributed by atoms with Crippen LogP contribution in [0.2, 0.25) is 0 Å². The molecule has 2 aliphatic rings. The van der Waals surface area contributed by atoms with E-state index in [0.29, 0.717) is 22.5 Å². The molecule has 1 atom stereocenters. The molecule has 0 spiro atoms. The molecule has 1 aromatic heterocycles. The topological polar surface area (TPSA) is 91.3 Å². The highest BCUT2D eigenvalue weighted by Crippen LogP contribution is 2.32. The number of benzene rings is 1. The molecule has 1 aliphatic heterocycles. The number of rotatable bonds is 3. The summed E-state index contributed by atoms with van der Waals surface area (Å²) in [5, 5.41) is 15.4. The second kappa shape index (κ2) is 6.42. The quantitative estimate of drug-likeness (QED) is 0.658. The number of nitro groups is 1. The Balaban J connectivity index is 1.73. The van der Waals surface area contributed by atoms with Crippen LogP contribution in [0.25, 0.3) is 16.3 Å². The number of fused-ring (bicyclic) bond motifs is 1. The molecule has 1 unspecified atom stereocenters. The van der Waals surface area contributed by atoms with Gasteiger partial charge < -0.3 is 10.3 Å². The summed E-state index contributed by atoms with van der Waals surface area (Å²) in [5.74, 6) is 0. The van der Waals surface area contributed by atoms with Crippen LogP contribution < -0.4 is 10.9 Å². The fraction of sp³-hybridized carbons (Fsp3) is 0.389. The van der Waals surface area contributed by atoms with Gasteiger partial charge in [-0.1, -0.05) is 12.1 Å². The fourth-order valence-electron chi connectivity index (χ4n) is 3.83. The van der Waals surface area contributed by atoms with Crippen molar-refractivity contribution in [1.82, 2.24) is 15.2 Å². The average Bonchev–Trinajstić information content (AvgIpc) is 3.12. The molecule has 1 saturated heterocycles. The van der Waals surface area contributed by atoms with Gasteiger partial charge in [-0.05, 0) is 30.5 Å². The van der Waals surface area contributed by atoms with Gasteiger partial charge in [0.1, 0.15) is 0 Å². The molecule has 4 rings (SSSR count). The van der Waals surface area contributed by atoms with Crippen molar-refractivity contribution >= 4 is 22.0 Å². The van der Waals surface area contributed by atoms with Crippen LogP contribution in [0.3, 0.4) is 0 Å². The van der Waals surface area contributed by atoms with Crippen LogP contribution in [-0.4, -0.2) is 47.0 Å². The standard InChI is InChI=1S/C18H20N4O3/c23-18-14-2-1-3-17(22(24)25)15(14)11-16(20-18)12-4-5-13(10-12)21-8-6-19-7-9-21/h1-3,10-11,13,19H,4-9H2,(H,20,23). The smallest absolute Gasteiger partial charge is 0.277 e. The van der Waals surface area contributed by atoms with Gasteiger partial charge in [0.25, 0.3) is 11.2 Å². The van der Waals surface area contributed by atoms with Crippen molar-refractivity contribution in [3.8, 4) is 0 Å². The van der Waals surface area contributed by atoms with E-state index in [1.54, 1.807) is 18.2 Å². The molecule has 25 heavy (non-hydrogen) atoms. The number of nitrogens with zero attached hydrogens (tertiary/aromatic N) is 2. The minimum atomic E-state index is -0.432. The molecule has 7 heteroatoms. The number of allylic oxidation sites excluding steroid dienone is 1. The van der Waals surface area contributed by atoms with Crippen LogP contribution in [0, 0.1) is 10.1 Å². The van der Waals surface area contributed by atoms with E-state index in [-0.39, 0.29) is 11.2 Å². The van der Waals surface area contributed by atoms with E-state index in [0.717, 1.165) is 44.6 Å². The highest BCUT2D eigenvalue weighted by molar-refractivity contribution is 5.92. The molecular formula is C18H20N4O3. The Hall–Kier alpha value is -2.51. The first kappa shape index (κ1) is 16.0. The summed E-state index contributed by atoms with van der Waals surface area (Å²) < 4.78 is 0. The van der Waals surface area contributed by atoms with Gasteiger partial charge in [0.05, 0.1) is 15.7 Å². The van der Waals surface area contributed by atoms with Gasteiger partial charge in [-0.15, -0.1) is 0 Å². The number of aromatic amines is 1. The Kier molecular flexibility index (Phi) is 4.10. The molecule has 0 saturated carbocycles. The van der Waals surface area contributed by atoms with Crippen LogP contribution in [0.15, 0.2) is 35.1 Å². The van der Waals surface area contributed by atoms with Crippen molar-refractivity contribution in [3.05, 3.63) is 56.5 Å². The van der Waals surface area contributed by atoms with Gasteiger partial charge in [0.2, 0.25) is 0 Å². The number of pyridine rings is 1. The zero-order valence-corrected chi connectivity index (χ0v) is 13.8. The van der Waals surface area contributed by atoms with Crippen LogP contribution in [0.1, 0.15) is 18.5 Å². The lowest BCUT2D eigenvalue weighted by Crippen LogP contribution is -2.47. The van der Waals surface area contributed by atoms with E-state index in [2.05, 4.69) is 21.3 Å². The number of hydrogen-bond acceptors (Lipinski definition) is 5. The summed E-state index contributed by atoms with van der Waals surface area (Å²) in [4.78, 5) is 28.6. The zero-order valence-electron chi connectivity index (χ0n) is 13.8. The minimum absolute atomic E-state index is 0.0258. The molecule has 7 nitrogen and oxygen atoms in total. The molecule has 1 fully saturated rings. The number of aromatic nitrogens is 1. The number of non-ortho nitro benzene ring substituents is 1. The van der Waals surface area contributed by atoms with Crippen molar-refractivity contribution < 1.29 is 4.92 Å². The first-order chi connectivity index (χ1) is 12.1. The molecule has 0 amide bonds. The molecule has 0 radical (unpaired) electrons. The third kappa shape index (κ3) is 2.96. The first-order valence-corrected chi connectivity index (χ1v) is 8.60. The number of piperazine rings is 1. The number of nitro benzene ring substituents is 1. The van der Waals surface area contributed by atoms with Crippen molar-refractivity contribution in [2.75, 3.05) is 26.2 Å². The highest BCUT2D eigenvalue weighted by Gasteiger charge is 2.25. The van der Waals surface area contributed by atoms with E-state index < -0.39 is 4.92 Å². The van der Waals surface area contributed by atoms with E-state index in [4.69, 9.17) is 0 Å². The van der Waals surface area contributed by atoms with Crippen molar-refractivity contribution in [2.24, 2.45) is 0 Å². The summed E-state index contributed by atoms with van der Waals surface area (Å²) >= 11 is 0. The number of H-pyrrole nitrogens is 1. The van der Waals surface area contributed by atoms with Crippen molar-refractivity contribution in [1.29, 1.82) is 0 Å². The van der Waals surface area contributed by atoms with Gasteiger partial charge in [0, 0.05) is 44.0 Å². The fourth-order valence-corrected chi connectivity index (χ4v) is 3.83. The molecule has 130 valence electrons. The van der Waals surface area contributed by atoms with Gasteiger partial charge in [-0.25, -0.2) is 0 Å². The predicted octanol–water partition coefficient (Wildman–Crippen LogP) is 1.89. The molecule has 2 aromatic rings. The summed E-state index contributed by atoms with van der Waals surface area (Å²) in [6, 6.07) is 6.74. The molecule has 1 aromatic carbocycles. The third-order valence-corrected chi connectivity index (χ3v) is 5.13. The Morgan fingerprint density at radius 3 is 2.76 bits per heavy atom. The monoisotopic (exact) mass is 340 g/mol. The lowest BCUT2D eigenvalue weighted by Gasteiger charge is -2.31. The van der Waals surface area contributed by atoms with Crippen LogP contribution in [-0.2, 0) is 0 Å². The average molecular weight is 340 g/mol. The van der Waals surface area contributed by atoms with Crippen molar-refractivity contribution in [3.63, 3.8) is 0 Å². The molecule has 2 heterocycles. The highest BCUT2D eigenvalue weighted by atomic mass is 16.6. The summed E-state index contributed by atoms with van der Waals surface area (Å²) in [6.45, 7) is 4.04. The lowest BCUT2D eigenvalue weighted by atomic mass is 10.1. The van der Waals surface area contributed by atoms with E-state index in [1.807, 2.05) is 0 Å². The molecule has 1 aliphatic carbocycles. The maximum Gasteiger partial charge on any atom is 0.277 e. The second-order valence-electron chi connectivity index (χ2n) is 6.59.